The first kappa shape index (κ1) is 18.7. The molecule has 1 atom stereocenters. The molecule has 0 bridgehead atoms. The number of methoxy groups -OCH3 is 1. The third-order valence-corrected chi connectivity index (χ3v) is 10.0. The predicted molar refractivity (Wildman–Crippen MR) is 103 cm³/mol. The number of hydrogen-bond donors (Lipinski definition) is 0. The van der Waals surface area contributed by atoms with Gasteiger partial charge in [-0.15, -0.1) is 0 Å². The Morgan fingerprint density at radius 3 is 1.92 bits per heavy atom. The minimum atomic E-state index is -1.93. The zero-order valence-electron chi connectivity index (χ0n) is 15.2. The van der Waals surface area contributed by atoms with Crippen molar-refractivity contribution >= 4 is 18.4 Å². The summed E-state index contributed by atoms with van der Waals surface area (Å²) >= 11 is 0. The van der Waals surface area contributed by atoms with Crippen LogP contribution in [-0.4, -0.2) is 40.7 Å². The fourth-order valence-electron chi connectivity index (χ4n) is 3.39. The number of rotatable bonds is 8. The van der Waals surface area contributed by atoms with Gasteiger partial charge in [-0.2, -0.15) is 0 Å². The van der Waals surface area contributed by atoms with Crippen molar-refractivity contribution in [3.8, 4) is 5.75 Å². The van der Waals surface area contributed by atoms with E-state index < -0.39 is 8.07 Å². The molecule has 0 amide bonds. The minimum Gasteiger partial charge on any atom is -0.497 e. The second-order valence-corrected chi connectivity index (χ2v) is 10.9. The molecule has 1 unspecified atom stereocenters. The molecule has 130 valence electrons. The van der Waals surface area contributed by atoms with Crippen LogP contribution >= 0.6 is 0 Å². The summed E-state index contributed by atoms with van der Waals surface area (Å²) in [6.45, 7) is 3.28. The normalized spacial score (nSPS) is 13.8. The number of benzene rings is 2. The zero-order valence-corrected chi connectivity index (χ0v) is 16.2. The molecule has 0 saturated heterocycles. The van der Waals surface area contributed by atoms with Gasteiger partial charge < -0.3 is 9.64 Å². The lowest BCUT2D eigenvalue weighted by Crippen LogP contribution is -2.59. The molecular formula is C20H28FNOSi. The van der Waals surface area contributed by atoms with Crippen LogP contribution < -0.4 is 15.1 Å². The van der Waals surface area contributed by atoms with E-state index in [-0.39, 0.29) is 5.82 Å². The van der Waals surface area contributed by atoms with E-state index in [2.05, 4.69) is 38.1 Å². The Balaban J connectivity index is 2.52. The Bertz CT molecular complexity index is 627. The summed E-state index contributed by atoms with van der Waals surface area (Å²) < 4.78 is 18.8. The van der Waals surface area contributed by atoms with Gasteiger partial charge in [0.15, 0.2) is 0 Å². The lowest BCUT2D eigenvalue weighted by Gasteiger charge is -2.34. The molecule has 24 heavy (non-hydrogen) atoms. The topological polar surface area (TPSA) is 12.5 Å². The Morgan fingerprint density at radius 2 is 1.46 bits per heavy atom. The second kappa shape index (κ2) is 8.45. The molecule has 2 aromatic rings. The van der Waals surface area contributed by atoms with Crippen LogP contribution in [-0.2, 0) is 0 Å². The number of halogens is 1. The molecule has 0 fully saturated rings. The van der Waals surface area contributed by atoms with Crippen molar-refractivity contribution in [2.24, 2.45) is 0 Å². The Labute approximate surface area is 146 Å². The molecule has 0 aliphatic carbocycles. The molecule has 0 spiro atoms. The maximum atomic E-state index is 13.5. The highest BCUT2D eigenvalue weighted by Gasteiger charge is 2.36. The molecule has 0 radical (unpaired) electrons. The highest BCUT2D eigenvalue weighted by molar-refractivity contribution is 7.02. The standard InChI is InChI=1S/C20H28FNOSi/c1-5-15-24(16-14-22(2)3,19-10-6-17(21)7-11-19)20-12-8-18(23-4)9-13-20/h6-13H,5,14-16H2,1-4H3. The van der Waals surface area contributed by atoms with Gasteiger partial charge in [0.1, 0.15) is 19.6 Å². The van der Waals surface area contributed by atoms with E-state index in [9.17, 15) is 4.39 Å². The van der Waals surface area contributed by atoms with Crippen LogP contribution in [0.2, 0.25) is 12.1 Å². The third kappa shape index (κ3) is 4.25. The van der Waals surface area contributed by atoms with E-state index in [0.29, 0.717) is 0 Å². The van der Waals surface area contributed by atoms with Crippen LogP contribution in [0.5, 0.6) is 5.75 Å². The summed E-state index contributed by atoms with van der Waals surface area (Å²) in [5.74, 6) is 0.713. The minimum absolute atomic E-state index is 0.166. The van der Waals surface area contributed by atoms with Crippen molar-refractivity contribution in [2.75, 3.05) is 27.7 Å². The van der Waals surface area contributed by atoms with Gasteiger partial charge in [0.2, 0.25) is 0 Å². The third-order valence-electron chi connectivity index (χ3n) is 4.70. The van der Waals surface area contributed by atoms with Crippen LogP contribution in [0, 0.1) is 5.82 Å². The summed E-state index contributed by atoms with van der Waals surface area (Å²) in [6, 6.07) is 18.0. The highest BCUT2D eigenvalue weighted by Crippen LogP contribution is 2.21. The molecule has 0 N–H and O–H groups in total. The van der Waals surface area contributed by atoms with Crippen molar-refractivity contribution in [3.63, 3.8) is 0 Å². The molecule has 4 heteroatoms. The second-order valence-electron chi connectivity index (χ2n) is 6.62. The van der Waals surface area contributed by atoms with E-state index in [1.165, 1.54) is 16.4 Å². The van der Waals surface area contributed by atoms with Gasteiger partial charge in [-0.1, -0.05) is 48.0 Å². The molecule has 0 heterocycles. The maximum Gasteiger partial charge on any atom is 0.123 e. The van der Waals surface area contributed by atoms with Gasteiger partial charge in [0.05, 0.1) is 7.11 Å². The number of nitrogens with zero attached hydrogens (tertiary/aromatic N) is 1. The van der Waals surface area contributed by atoms with Gasteiger partial charge in [0, 0.05) is 0 Å². The van der Waals surface area contributed by atoms with Crippen molar-refractivity contribution in [1.82, 2.24) is 4.90 Å². The van der Waals surface area contributed by atoms with E-state index in [1.807, 2.05) is 24.3 Å². The Morgan fingerprint density at radius 1 is 0.917 bits per heavy atom. The van der Waals surface area contributed by atoms with Crippen molar-refractivity contribution in [1.29, 1.82) is 0 Å². The van der Waals surface area contributed by atoms with Gasteiger partial charge in [-0.05, 0) is 57.0 Å². The van der Waals surface area contributed by atoms with E-state index in [0.717, 1.165) is 24.8 Å². The first-order valence-corrected chi connectivity index (χ1v) is 11.0. The fourth-order valence-corrected chi connectivity index (χ4v) is 8.42. The summed E-state index contributed by atoms with van der Waals surface area (Å²) in [4.78, 5) is 2.24. The Hall–Kier alpha value is -1.65. The van der Waals surface area contributed by atoms with Gasteiger partial charge >= 0.3 is 0 Å². The predicted octanol–water partition coefficient (Wildman–Crippen LogP) is 3.37. The van der Waals surface area contributed by atoms with E-state index >= 15 is 0 Å². The van der Waals surface area contributed by atoms with Crippen LogP contribution in [0.1, 0.15) is 13.3 Å². The monoisotopic (exact) mass is 345 g/mol. The fraction of sp³-hybridized carbons (Fsp3) is 0.400. The average Bonchev–Trinajstić information content (AvgIpc) is 2.59. The van der Waals surface area contributed by atoms with Crippen LogP contribution in [0.3, 0.4) is 0 Å². The van der Waals surface area contributed by atoms with Crippen molar-refractivity contribution in [2.45, 2.75) is 25.4 Å². The smallest absolute Gasteiger partial charge is 0.123 e. The molecule has 2 rings (SSSR count). The van der Waals surface area contributed by atoms with Gasteiger partial charge in [-0.25, -0.2) is 4.39 Å². The summed E-state index contributed by atoms with van der Waals surface area (Å²) in [6.07, 6.45) is 1.13. The van der Waals surface area contributed by atoms with Gasteiger partial charge in [0.25, 0.3) is 0 Å². The zero-order chi connectivity index (χ0) is 17.6. The van der Waals surface area contributed by atoms with E-state index in [1.54, 1.807) is 19.2 Å². The molecule has 2 nitrogen and oxygen atoms in total. The van der Waals surface area contributed by atoms with Crippen molar-refractivity contribution < 1.29 is 9.13 Å². The molecule has 0 aromatic heterocycles. The quantitative estimate of drug-likeness (QED) is 0.680. The molecule has 2 aromatic carbocycles. The first-order chi connectivity index (χ1) is 11.5. The lowest BCUT2D eigenvalue weighted by molar-refractivity contribution is 0.415. The Kier molecular flexibility index (Phi) is 6.57. The number of ether oxygens (including phenoxy) is 1. The first-order valence-electron chi connectivity index (χ1n) is 8.57. The van der Waals surface area contributed by atoms with Crippen LogP contribution in [0.25, 0.3) is 0 Å². The van der Waals surface area contributed by atoms with Crippen LogP contribution in [0.15, 0.2) is 48.5 Å². The largest absolute Gasteiger partial charge is 0.497 e. The lowest BCUT2D eigenvalue weighted by atomic mass is 10.3. The van der Waals surface area contributed by atoms with E-state index in [4.69, 9.17) is 4.74 Å². The number of hydrogen-bond acceptors (Lipinski definition) is 2. The summed E-state index contributed by atoms with van der Waals surface area (Å²) in [5.41, 5.74) is 0. The van der Waals surface area contributed by atoms with Crippen LogP contribution in [0.4, 0.5) is 4.39 Å². The maximum absolute atomic E-state index is 13.5. The van der Waals surface area contributed by atoms with Gasteiger partial charge in [-0.3, -0.25) is 0 Å². The SMILES string of the molecule is CCC[Si](CCN(C)C)(c1ccc(F)cc1)c1ccc(OC)cc1. The molecule has 0 aliphatic rings. The molecular weight excluding hydrogens is 317 g/mol. The highest BCUT2D eigenvalue weighted by atomic mass is 28.3. The molecule has 0 aliphatic heterocycles. The van der Waals surface area contributed by atoms with Crippen molar-refractivity contribution in [3.05, 3.63) is 54.3 Å². The summed E-state index contributed by atoms with van der Waals surface area (Å²) in [7, 11) is 3.99. The molecule has 0 saturated carbocycles. The summed E-state index contributed by atoms with van der Waals surface area (Å²) in [5, 5.41) is 2.72. The average molecular weight is 346 g/mol.